The molecule has 0 saturated heterocycles. The number of amides is 1. The van der Waals surface area contributed by atoms with Gasteiger partial charge >= 0.3 is 0 Å². The molecule has 1 N–H and O–H groups in total. The first-order valence-electron chi connectivity index (χ1n) is 5.50. The molecular weight excluding hydrogens is 313 g/mol. The zero-order chi connectivity index (χ0) is 13.8. The highest BCUT2D eigenvalue weighted by molar-refractivity contribution is 9.10. The van der Waals surface area contributed by atoms with Crippen molar-refractivity contribution in [2.45, 2.75) is 0 Å². The van der Waals surface area contributed by atoms with E-state index in [0.29, 0.717) is 11.4 Å². The van der Waals surface area contributed by atoms with Crippen LogP contribution in [0.4, 0.5) is 10.1 Å². The predicted octanol–water partition coefficient (Wildman–Crippen LogP) is 3.85. The molecule has 0 heterocycles. The van der Waals surface area contributed by atoms with Crippen LogP contribution in [-0.4, -0.2) is 13.0 Å². The number of anilines is 1. The third-order valence-corrected chi connectivity index (χ3v) is 3.05. The molecular formula is C14H11BrFNO2. The van der Waals surface area contributed by atoms with E-state index in [2.05, 4.69) is 21.2 Å². The summed E-state index contributed by atoms with van der Waals surface area (Å²) >= 11 is 3.30. The van der Waals surface area contributed by atoms with Crippen LogP contribution < -0.4 is 10.1 Å². The van der Waals surface area contributed by atoms with Gasteiger partial charge in [0.05, 0.1) is 12.7 Å². The Bertz CT molecular complexity index is 599. The lowest BCUT2D eigenvalue weighted by atomic mass is 10.2. The number of carbonyl (C=O) groups excluding carboxylic acids is 1. The monoisotopic (exact) mass is 323 g/mol. The first kappa shape index (κ1) is 13.5. The molecule has 0 unspecified atom stereocenters. The quantitative estimate of drug-likeness (QED) is 0.931. The molecule has 0 radical (unpaired) electrons. The summed E-state index contributed by atoms with van der Waals surface area (Å²) in [5.41, 5.74) is 0.576. The minimum absolute atomic E-state index is 0.0243. The third-order valence-electron chi connectivity index (χ3n) is 2.52. The second-order valence-corrected chi connectivity index (χ2v) is 4.72. The molecule has 0 spiro atoms. The Morgan fingerprint density at radius 1 is 1.21 bits per heavy atom. The molecule has 2 aromatic carbocycles. The summed E-state index contributed by atoms with van der Waals surface area (Å²) in [6, 6.07) is 11.1. The molecule has 2 aromatic rings. The lowest BCUT2D eigenvalue weighted by Crippen LogP contribution is -2.13. The van der Waals surface area contributed by atoms with Crippen LogP contribution >= 0.6 is 15.9 Å². The number of benzene rings is 2. The Morgan fingerprint density at radius 2 is 1.89 bits per heavy atom. The van der Waals surface area contributed by atoms with Crippen molar-refractivity contribution in [1.29, 1.82) is 0 Å². The molecule has 0 saturated carbocycles. The number of ether oxygens (including phenoxy) is 1. The normalized spacial score (nSPS) is 10.1. The first-order chi connectivity index (χ1) is 9.10. The molecule has 5 heteroatoms. The van der Waals surface area contributed by atoms with Crippen molar-refractivity contribution in [1.82, 2.24) is 0 Å². The van der Waals surface area contributed by atoms with Crippen molar-refractivity contribution < 1.29 is 13.9 Å². The van der Waals surface area contributed by atoms with E-state index >= 15 is 0 Å². The van der Waals surface area contributed by atoms with Crippen molar-refractivity contribution in [3.8, 4) is 5.75 Å². The summed E-state index contributed by atoms with van der Waals surface area (Å²) < 4.78 is 19.5. The molecule has 0 aromatic heterocycles. The van der Waals surface area contributed by atoms with Crippen LogP contribution in [0.25, 0.3) is 0 Å². The minimum Gasteiger partial charge on any atom is -0.497 e. The van der Waals surface area contributed by atoms with E-state index in [1.54, 1.807) is 30.3 Å². The Morgan fingerprint density at radius 3 is 2.47 bits per heavy atom. The fourth-order valence-electron chi connectivity index (χ4n) is 1.54. The van der Waals surface area contributed by atoms with Crippen LogP contribution in [0.3, 0.4) is 0 Å². The number of nitrogens with one attached hydrogen (secondary N) is 1. The number of carbonyl (C=O) groups is 1. The van der Waals surface area contributed by atoms with E-state index < -0.39 is 11.7 Å². The average Bonchev–Trinajstić information content (AvgIpc) is 2.41. The summed E-state index contributed by atoms with van der Waals surface area (Å²) in [6.45, 7) is 0. The number of halogens is 2. The highest BCUT2D eigenvalue weighted by Gasteiger charge is 2.12. The van der Waals surface area contributed by atoms with Gasteiger partial charge in [-0.15, -0.1) is 0 Å². The van der Waals surface area contributed by atoms with Gasteiger partial charge < -0.3 is 10.1 Å². The molecule has 0 aliphatic rings. The van der Waals surface area contributed by atoms with Gasteiger partial charge in [0.2, 0.25) is 0 Å². The summed E-state index contributed by atoms with van der Waals surface area (Å²) in [5, 5.41) is 2.62. The number of methoxy groups -OCH3 is 1. The molecule has 98 valence electrons. The molecule has 0 atom stereocenters. The van der Waals surface area contributed by atoms with E-state index in [1.807, 2.05) is 0 Å². The van der Waals surface area contributed by atoms with Crippen LogP contribution in [0.5, 0.6) is 5.75 Å². The van der Waals surface area contributed by atoms with Crippen LogP contribution in [0.2, 0.25) is 0 Å². The topological polar surface area (TPSA) is 38.3 Å². The van der Waals surface area contributed by atoms with Crippen molar-refractivity contribution in [2.24, 2.45) is 0 Å². The second kappa shape index (κ2) is 5.84. The molecule has 2 rings (SSSR count). The van der Waals surface area contributed by atoms with Gasteiger partial charge in [0.15, 0.2) is 0 Å². The highest BCUT2D eigenvalue weighted by atomic mass is 79.9. The number of hydrogen-bond acceptors (Lipinski definition) is 2. The van der Waals surface area contributed by atoms with E-state index in [9.17, 15) is 9.18 Å². The lowest BCUT2D eigenvalue weighted by Gasteiger charge is -2.07. The SMILES string of the molecule is COc1ccc(C(=O)Nc2ccc(Br)cc2)c(F)c1. The number of rotatable bonds is 3. The highest BCUT2D eigenvalue weighted by Crippen LogP contribution is 2.19. The van der Waals surface area contributed by atoms with E-state index in [4.69, 9.17) is 4.74 Å². The molecule has 0 aliphatic heterocycles. The van der Waals surface area contributed by atoms with Gasteiger partial charge in [-0.3, -0.25) is 4.79 Å². The molecule has 19 heavy (non-hydrogen) atoms. The summed E-state index contributed by atoms with van der Waals surface area (Å²) in [7, 11) is 1.44. The lowest BCUT2D eigenvalue weighted by molar-refractivity contribution is 0.102. The van der Waals surface area contributed by atoms with Crippen molar-refractivity contribution >= 4 is 27.5 Å². The Balaban J connectivity index is 2.18. The minimum atomic E-state index is -0.617. The molecule has 0 bridgehead atoms. The fourth-order valence-corrected chi connectivity index (χ4v) is 1.80. The van der Waals surface area contributed by atoms with Gasteiger partial charge in [0.1, 0.15) is 11.6 Å². The number of hydrogen-bond donors (Lipinski definition) is 1. The third kappa shape index (κ3) is 3.32. The molecule has 1 amide bonds. The van der Waals surface area contributed by atoms with Crippen LogP contribution in [-0.2, 0) is 0 Å². The van der Waals surface area contributed by atoms with Crippen LogP contribution in [0.15, 0.2) is 46.9 Å². The second-order valence-electron chi connectivity index (χ2n) is 3.81. The van der Waals surface area contributed by atoms with Crippen molar-refractivity contribution in [3.63, 3.8) is 0 Å². The van der Waals surface area contributed by atoms with Gasteiger partial charge in [0, 0.05) is 16.2 Å². The summed E-state index contributed by atoms with van der Waals surface area (Å²) in [6.07, 6.45) is 0. The van der Waals surface area contributed by atoms with Gasteiger partial charge in [-0.2, -0.15) is 0 Å². The standard InChI is InChI=1S/C14H11BrFNO2/c1-19-11-6-7-12(13(16)8-11)14(18)17-10-4-2-9(15)3-5-10/h2-8H,1H3,(H,17,18). The maximum absolute atomic E-state index is 13.7. The predicted molar refractivity (Wildman–Crippen MR) is 75.0 cm³/mol. The Hall–Kier alpha value is -1.88. The smallest absolute Gasteiger partial charge is 0.258 e. The maximum Gasteiger partial charge on any atom is 0.258 e. The zero-order valence-electron chi connectivity index (χ0n) is 10.1. The molecule has 0 aliphatic carbocycles. The van der Waals surface area contributed by atoms with Gasteiger partial charge in [-0.25, -0.2) is 4.39 Å². The van der Waals surface area contributed by atoms with Crippen molar-refractivity contribution in [2.75, 3.05) is 12.4 Å². The van der Waals surface area contributed by atoms with Crippen LogP contribution in [0, 0.1) is 5.82 Å². The average molecular weight is 324 g/mol. The summed E-state index contributed by atoms with van der Waals surface area (Å²) in [4.78, 5) is 11.9. The van der Waals surface area contributed by atoms with Crippen LogP contribution in [0.1, 0.15) is 10.4 Å². The van der Waals surface area contributed by atoms with E-state index in [1.165, 1.54) is 19.2 Å². The Labute approximate surface area is 118 Å². The van der Waals surface area contributed by atoms with Gasteiger partial charge in [-0.05, 0) is 36.4 Å². The van der Waals surface area contributed by atoms with Gasteiger partial charge in [0.25, 0.3) is 5.91 Å². The van der Waals surface area contributed by atoms with Gasteiger partial charge in [-0.1, -0.05) is 15.9 Å². The fraction of sp³-hybridized carbons (Fsp3) is 0.0714. The largest absolute Gasteiger partial charge is 0.497 e. The first-order valence-corrected chi connectivity index (χ1v) is 6.30. The van der Waals surface area contributed by atoms with E-state index in [-0.39, 0.29) is 5.56 Å². The summed E-state index contributed by atoms with van der Waals surface area (Å²) in [5.74, 6) is -0.742. The Kier molecular flexibility index (Phi) is 4.16. The zero-order valence-corrected chi connectivity index (χ0v) is 11.7. The van der Waals surface area contributed by atoms with E-state index in [0.717, 1.165) is 4.47 Å². The van der Waals surface area contributed by atoms with Crippen molar-refractivity contribution in [3.05, 3.63) is 58.3 Å². The maximum atomic E-state index is 13.7. The molecule has 0 fully saturated rings. The molecule has 3 nitrogen and oxygen atoms in total.